The molecule has 2 rings (SSSR count). The van der Waals surface area contributed by atoms with Crippen molar-refractivity contribution in [2.45, 2.75) is 10.6 Å². The van der Waals surface area contributed by atoms with Gasteiger partial charge >= 0.3 is 0 Å². The van der Waals surface area contributed by atoms with Crippen LogP contribution in [0.2, 0.25) is 0 Å². The first-order chi connectivity index (χ1) is 9.60. The number of hydrogen-bond donors (Lipinski definition) is 3. The Morgan fingerprint density at radius 3 is 2.75 bits per heavy atom. The Kier molecular flexibility index (Phi) is 4.44. The fourth-order valence-corrected chi connectivity index (χ4v) is 2.58. The minimum Gasteiger partial charge on any atom is -0.508 e. The first-order valence-electron chi connectivity index (χ1n) is 5.76. The molecule has 4 N–H and O–H groups in total. The van der Waals surface area contributed by atoms with E-state index in [0.29, 0.717) is 5.75 Å². The van der Waals surface area contributed by atoms with Gasteiger partial charge in [0.2, 0.25) is 0 Å². The van der Waals surface area contributed by atoms with Gasteiger partial charge in [-0.3, -0.25) is 16.0 Å². The summed E-state index contributed by atoms with van der Waals surface area (Å²) in [6, 6.07) is 11.7. The molecule has 0 heterocycles. The Morgan fingerprint density at radius 2 is 2.10 bits per heavy atom. The number of nitro benzene ring substituents is 1. The highest BCUT2D eigenvalue weighted by molar-refractivity contribution is 7.98. The number of hydrogen-bond acceptors (Lipinski definition) is 6. The maximum absolute atomic E-state index is 10.8. The molecule has 104 valence electrons. The van der Waals surface area contributed by atoms with Crippen LogP contribution < -0.4 is 11.3 Å². The molecule has 6 nitrogen and oxygen atoms in total. The molecule has 2 aromatic rings. The Hall–Kier alpha value is -2.25. The van der Waals surface area contributed by atoms with E-state index in [9.17, 15) is 15.2 Å². The second kappa shape index (κ2) is 6.27. The van der Waals surface area contributed by atoms with Crippen LogP contribution in [0.25, 0.3) is 0 Å². The molecule has 0 radical (unpaired) electrons. The van der Waals surface area contributed by atoms with Crippen molar-refractivity contribution in [3.63, 3.8) is 0 Å². The summed E-state index contributed by atoms with van der Waals surface area (Å²) in [5.74, 6) is 6.12. The van der Waals surface area contributed by atoms with E-state index in [1.165, 1.54) is 17.8 Å². The summed E-state index contributed by atoms with van der Waals surface area (Å²) in [6.45, 7) is 0. The van der Waals surface area contributed by atoms with Crippen LogP contribution in [0.1, 0.15) is 5.56 Å². The lowest BCUT2D eigenvalue weighted by Gasteiger charge is -2.06. The third kappa shape index (κ3) is 3.40. The molecule has 0 saturated heterocycles. The Labute approximate surface area is 119 Å². The van der Waals surface area contributed by atoms with E-state index >= 15 is 0 Å². The Balaban J connectivity index is 2.12. The van der Waals surface area contributed by atoms with Crippen LogP contribution in [0.15, 0.2) is 47.4 Å². The molecule has 0 saturated carbocycles. The highest BCUT2D eigenvalue weighted by Crippen LogP contribution is 2.29. The fourth-order valence-electron chi connectivity index (χ4n) is 1.69. The maximum atomic E-state index is 10.8. The third-order valence-electron chi connectivity index (χ3n) is 2.64. The standard InChI is InChI=1S/C13H13N3O3S/c14-15-12-6-9(4-5-13(12)16(18)19)8-20-11-3-1-2-10(17)7-11/h1-7,15,17H,8,14H2. The van der Waals surface area contributed by atoms with Gasteiger partial charge < -0.3 is 10.5 Å². The van der Waals surface area contributed by atoms with Gasteiger partial charge in [0.05, 0.1) is 4.92 Å². The van der Waals surface area contributed by atoms with Crippen molar-refractivity contribution in [1.82, 2.24) is 0 Å². The highest BCUT2D eigenvalue weighted by Gasteiger charge is 2.13. The summed E-state index contributed by atoms with van der Waals surface area (Å²) in [7, 11) is 0. The number of anilines is 1. The molecule has 0 aliphatic rings. The van der Waals surface area contributed by atoms with Gasteiger partial charge in [0.25, 0.3) is 5.69 Å². The van der Waals surface area contributed by atoms with Crippen LogP contribution in [0.5, 0.6) is 5.75 Å². The first-order valence-corrected chi connectivity index (χ1v) is 6.74. The smallest absolute Gasteiger partial charge is 0.293 e. The lowest BCUT2D eigenvalue weighted by Crippen LogP contribution is -2.09. The zero-order valence-corrected chi connectivity index (χ0v) is 11.3. The number of rotatable bonds is 5. The Morgan fingerprint density at radius 1 is 1.30 bits per heavy atom. The predicted octanol–water partition coefficient (Wildman–Crippen LogP) is 2.88. The van der Waals surface area contributed by atoms with Gasteiger partial charge in [-0.05, 0) is 29.8 Å². The van der Waals surface area contributed by atoms with Crippen molar-refractivity contribution in [2.75, 3.05) is 5.43 Å². The molecule has 0 aromatic heterocycles. The minimum absolute atomic E-state index is 0.0568. The van der Waals surface area contributed by atoms with Crippen molar-refractivity contribution in [3.8, 4) is 5.75 Å². The summed E-state index contributed by atoms with van der Waals surface area (Å²) in [4.78, 5) is 11.2. The van der Waals surface area contributed by atoms with E-state index in [1.54, 1.807) is 30.3 Å². The summed E-state index contributed by atoms with van der Waals surface area (Å²) in [5, 5.41) is 20.2. The van der Waals surface area contributed by atoms with Crippen LogP contribution in [0.3, 0.4) is 0 Å². The molecule has 0 amide bonds. The van der Waals surface area contributed by atoms with Crippen molar-refractivity contribution in [3.05, 3.63) is 58.1 Å². The van der Waals surface area contributed by atoms with Crippen molar-refractivity contribution < 1.29 is 10.0 Å². The van der Waals surface area contributed by atoms with Gasteiger partial charge in [-0.25, -0.2) is 0 Å². The molecular formula is C13H13N3O3S. The number of phenols is 1. The van der Waals surface area contributed by atoms with E-state index in [1.807, 2.05) is 6.07 Å². The quantitative estimate of drug-likeness (QED) is 0.339. The molecule has 7 heteroatoms. The summed E-state index contributed by atoms with van der Waals surface area (Å²) >= 11 is 1.52. The molecule has 2 aromatic carbocycles. The zero-order chi connectivity index (χ0) is 14.5. The number of benzene rings is 2. The summed E-state index contributed by atoms with van der Waals surface area (Å²) in [5.41, 5.74) is 3.46. The van der Waals surface area contributed by atoms with Crippen LogP contribution >= 0.6 is 11.8 Å². The molecular weight excluding hydrogens is 278 g/mol. The van der Waals surface area contributed by atoms with Gasteiger partial charge in [-0.1, -0.05) is 12.1 Å². The SMILES string of the molecule is NNc1cc(CSc2cccc(O)c2)ccc1[N+](=O)[O-]. The molecule has 0 atom stereocenters. The molecule has 0 fully saturated rings. The number of thioether (sulfide) groups is 1. The first kappa shape index (κ1) is 14.2. The highest BCUT2D eigenvalue weighted by atomic mass is 32.2. The normalized spacial score (nSPS) is 10.2. The molecule has 20 heavy (non-hydrogen) atoms. The molecule has 0 bridgehead atoms. The van der Waals surface area contributed by atoms with Gasteiger partial charge in [-0.2, -0.15) is 0 Å². The van der Waals surface area contributed by atoms with Gasteiger partial charge in [0, 0.05) is 16.7 Å². The second-order valence-corrected chi connectivity index (χ2v) is 5.09. The van der Waals surface area contributed by atoms with Crippen molar-refractivity contribution >= 4 is 23.1 Å². The van der Waals surface area contributed by atoms with Crippen LogP contribution in [0.4, 0.5) is 11.4 Å². The van der Waals surface area contributed by atoms with E-state index in [-0.39, 0.29) is 17.1 Å². The molecule has 0 unspecified atom stereocenters. The number of hydrazine groups is 1. The van der Waals surface area contributed by atoms with E-state index in [2.05, 4.69) is 5.43 Å². The number of aromatic hydroxyl groups is 1. The van der Waals surface area contributed by atoms with Crippen LogP contribution in [-0.4, -0.2) is 10.0 Å². The average molecular weight is 291 g/mol. The Bertz CT molecular complexity index is 634. The van der Waals surface area contributed by atoms with Gasteiger partial charge in [0.15, 0.2) is 0 Å². The predicted molar refractivity (Wildman–Crippen MR) is 78.6 cm³/mol. The molecule has 0 aliphatic heterocycles. The number of nitrogens with two attached hydrogens (primary N) is 1. The van der Waals surface area contributed by atoms with Crippen molar-refractivity contribution in [2.24, 2.45) is 5.84 Å². The number of nitrogens with one attached hydrogen (secondary N) is 1. The van der Waals surface area contributed by atoms with Gasteiger partial charge in [0.1, 0.15) is 11.4 Å². The lowest BCUT2D eigenvalue weighted by molar-refractivity contribution is -0.384. The van der Waals surface area contributed by atoms with Crippen LogP contribution in [0, 0.1) is 10.1 Å². The minimum atomic E-state index is -0.485. The third-order valence-corrected chi connectivity index (χ3v) is 3.70. The monoisotopic (exact) mass is 291 g/mol. The maximum Gasteiger partial charge on any atom is 0.293 e. The summed E-state index contributed by atoms with van der Waals surface area (Å²) < 4.78 is 0. The van der Waals surface area contributed by atoms with Gasteiger partial charge in [-0.15, -0.1) is 11.8 Å². The average Bonchev–Trinajstić information content (AvgIpc) is 2.44. The zero-order valence-electron chi connectivity index (χ0n) is 10.4. The van der Waals surface area contributed by atoms with Crippen molar-refractivity contribution in [1.29, 1.82) is 0 Å². The fraction of sp³-hybridized carbons (Fsp3) is 0.0769. The number of phenolic OH excluding ortho intramolecular Hbond substituents is 1. The van der Waals surface area contributed by atoms with E-state index < -0.39 is 4.92 Å². The number of nitro groups is 1. The molecule has 0 spiro atoms. The second-order valence-electron chi connectivity index (χ2n) is 4.04. The lowest BCUT2D eigenvalue weighted by atomic mass is 10.2. The topological polar surface area (TPSA) is 101 Å². The van der Waals surface area contributed by atoms with Crippen LogP contribution in [-0.2, 0) is 5.75 Å². The van der Waals surface area contributed by atoms with E-state index in [0.717, 1.165) is 10.5 Å². The molecule has 0 aliphatic carbocycles. The number of nitrogen functional groups attached to an aromatic ring is 1. The summed E-state index contributed by atoms with van der Waals surface area (Å²) in [6.07, 6.45) is 0. The largest absolute Gasteiger partial charge is 0.508 e. The number of nitrogens with zero attached hydrogens (tertiary/aromatic N) is 1. The van der Waals surface area contributed by atoms with E-state index in [4.69, 9.17) is 5.84 Å².